The van der Waals surface area contributed by atoms with Gasteiger partial charge in [-0.1, -0.05) is 0 Å². The molecule has 0 heterocycles. The molecule has 0 aliphatic carbocycles. The Labute approximate surface area is 155 Å². The van der Waals surface area contributed by atoms with Gasteiger partial charge in [-0.05, 0) is 41.5 Å². The van der Waals surface area contributed by atoms with Crippen LogP contribution in [0.5, 0.6) is 11.5 Å². The maximum atomic E-state index is 11.2. The molecule has 9 heteroatoms. The molecule has 0 radical (unpaired) electrons. The van der Waals surface area contributed by atoms with Crippen LogP contribution in [0.25, 0.3) is 0 Å². The first kappa shape index (κ1) is 19.4. The second-order valence-electron chi connectivity index (χ2n) is 5.25. The van der Waals surface area contributed by atoms with Gasteiger partial charge in [-0.15, -0.1) is 0 Å². The molecule has 0 spiro atoms. The molecule has 0 saturated carbocycles. The minimum Gasteiger partial charge on any atom is -0.493 e. The molecule has 0 saturated heterocycles. The van der Waals surface area contributed by atoms with Gasteiger partial charge in [0.2, 0.25) is 0 Å². The van der Waals surface area contributed by atoms with Crippen LogP contribution in [0.1, 0.15) is 17.5 Å². The second-order valence-corrected chi connectivity index (χ2v) is 5.25. The van der Waals surface area contributed by atoms with Gasteiger partial charge in [-0.2, -0.15) is 10.4 Å². The number of carbonyl (C=O) groups is 1. The topological polar surface area (TPSA) is 127 Å². The SMILES string of the molecule is COc1cc(C=NNC(=O)CC#N)ccc1OCc1ccc([N+](=O)[O-])cc1. The molecule has 0 atom stereocenters. The highest BCUT2D eigenvalue weighted by molar-refractivity contribution is 5.83. The van der Waals surface area contributed by atoms with Crippen molar-refractivity contribution in [2.24, 2.45) is 5.10 Å². The Bertz CT molecular complexity index is 888. The second kappa shape index (κ2) is 9.53. The molecule has 2 aromatic carbocycles. The van der Waals surface area contributed by atoms with Crippen LogP contribution in [0.15, 0.2) is 47.6 Å². The third-order valence-electron chi connectivity index (χ3n) is 3.37. The summed E-state index contributed by atoms with van der Waals surface area (Å²) in [6, 6.07) is 12.9. The first-order valence-corrected chi connectivity index (χ1v) is 7.76. The first-order chi connectivity index (χ1) is 13.0. The summed E-state index contributed by atoms with van der Waals surface area (Å²) in [6.07, 6.45) is 1.15. The van der Waals surface area contributed by atoms with Gasteiger partial charge in [0.25, 0.3) is 11.6 Å². The minimum atomic E-state index is -0.497. The van der Waals surface area contributed by atoms with Crippen molar-refractivity contribution in [3.8, 4) is 17.6 Å². The van der Waals surface area contributed by atoms with E-state index >= 15 is 0 Å². The van der Waals surface area contributed by atoms with Crippen molar-refractivity contribution in [3.05, 3.63) is 63.7 Å². The quantitative estimate of drug-likeness (QED) is 0.433. The van der Waals surface area contributed by atoms with Crippen LogP contribution in [0, 0.1) is 21.4 Å². The number of carbonyl (C=O) groups excluding carboxylic acids is 1. The van der Waals surface area contributed by atoms with Crippen LogP contribution < -0.4 is 14.9 Å². The summed E-state index contributed by atoms with van der Waals surface area (Å²) in [4.78, 5) is 21.4. The van der Waals surface area contributed by atoms with Gasteiger partial charge in [0.05, 0.1) is 24.3 Å². The zero-order valence-electron chi connectivity index (χ0n) is 14.4. The van der Waals surface area contributed by atoms with Crippen molar-refractivity contribution in [1.82, 2.24) is 5.43 Å². The number of nitro groups is 1. The maximum Gasteiger partial charge on any atom is 0.269 e. The zero-order valence-corrected chi connectivity index (χ0v) is 14.4. The van der Waals surface area contributed by atoms with Gasteiger partial charge in [0.1, 0.15) is 13.0 Å². The van der Waals surface area contributed by atoms with E-state index in [-0.39, 0.29) is 18.7 Å². The number of hydrogen-bond donors (Lipinski definition) is 1. The van der Waals surface area contributed by atoms with Crippen LogP contribution in [-0.2, 0) is 11.4 Å². The average Bonchev–Trinajstić information content (AvgIpc) is 2.67. The number of benzene rings is 2. The fraction of sp³-hybridized carbons (Fsp3) is 0.167. The number of hydrazone groups is 1. The molecule has 1 N–H and O–H groups in total. The van der Waals surface area contributed by atoms with E-state index in [1.807, 2.05) is 0 Å². The zero-order chi connectivity index (χ0) is 19.6. The smallest absolute Gasteiger partial charge is 0.269 e. The molecule has 1 amide bonds. The number of non-ortho nitro benzene ring substituents is 1. The lowest BCUT2D eigenvalue weighted by Gasteiger charge is -2.11. The Morgan fingerprint density at radius 3 is 2.67 bits per heavy atom. The highest BCUT2D eigenvalue weighted by Gasteiger charge is 2.08. The third kappa shape index (κ3) is 5.82. The van der Waals surface area contributed by atoms with Crippen molar-refractivity contribution in [2.45, 2.75) is 13.0 Å². The van der Waals surface area contributed by atoms with Crippen molar-refractivity contribution in [3.63, 3.8) is 0 Å². The number of nitro benzene ring substituents is 1. The Morgan fingerprint density at radius 1 is 1.30 bits per heavy atom. The predicted molar refractivity (Wildman–Crippen MR) is 96.4 cm³/mol. The molecule has 27 heavy (non-hydrogen) atoms. The van der Waals surface area contributed by atoms with E-state index in [0.717, 1.165) is 5.56 Å². The van der Waals surface area contributed by atoms with Crippen LogP contribution in [0.2, 0.25) is 0 Å². The summed E-state index contributed by atoms with van der Waals surface area (Å²) in [6.45, 7) is 0.214. The lowest BCUT2D eigenvalue weighted by Crippen LogP contribution is -2.16. The van der Waals surface area contributed by atoms with Crippen LogP contribution in [-0.4, -0.2) is 24.2 Å². The number of nitrogens with one attached hydrogen (secondary N) is 1. The normalized spacial score (nSPS) is 10.2. The summed E-state index contributed by atoms with van der Waals surface area (Å²) in [5.41, 5.74) is 3.68. The van der Waals surface area contributed by atoms with E-state index in [0.29, 0.717) is 17.1 Å². The summed E-state index contributed by atoms with van der Waals surface area (Å²) >= 11 is 0. The molecule has 0 aromatic heterocycles. The van der Waals surface area contributed by atoms with E-state index in [1.165, 1.54) is 25.5 Å². The number of nitriles is 1. The molecule has 138 valence electrons. The van der Waals surface area contributed by atoms with E-state index in [2.05, 4.69) is 10.5 Å². The molecule has 0 aliphatic rings. The molecular formula is C18H16N4O5. The highest BCUT2D eigenvalue weighted by atomic mass is 16.6. The fourth-order valence-corrected chi connectivity index (χ4v) is 2.05. The van der Waals surface area contributed by atoms with Gasteiger partial charge >= 0.3 is 0 Å². The number of hydrogen-bond acceptors (Lipinski definition) is 7. The molecule has 2 rings (SSSR count). The van der Waals surface area contributed by atoms with Crippen molar-refractivity contribution >= 4 is 17.8 Å². The maximum absolute atomic E-state index is 11.2. The highest BCUT2D eigenvalue weighted by Crippen LogP contribution is 2.28. The number of nitrogens with zero attached hydrogens (tertiary/aromatic N) is 3. The summed E-state index contributed by atoms with van der Waals surface area (Å²) < 4.78 is 11.0. The van der Waals surface area contributed by atoms with Crippen LogP contribution in [0.4, 0.5) is 5.69 Å². The Hall–Kier alpha value is -3.93. The van der Waals surface area contributed by atoms with E-state index in [1.54, 1.807) is 36.4 Å². The van der Waals surface area contributed by atoms with Gasteiger partial charge in [-0.25, -0.2) is 5.43 Å². The number of ether oxygens (including phenoxy) is 2. The first-order valence-electron chi connectivity index (χ1n) is 7.76. The fourth-order valence-electron chi connectivity index (χ4n) is 2.05. The monoisotopic (exact) mass is 368 g/mol. The molecule has 9 nitrogen and oxygen atoms in total. The molecule has 0 fully saturated rings. The largest absolute Gasteiger partial charge is 0.493 e. The lowest BCUT2D eigenvalue weighted by molar-refractivity contribution is -0.384. The number of methoxy groups -OCH3 is 1. The van der Waals surface area contributed by atoms with Crippen molar-refractivity contribution in [2.75, 3.05) is 7.11 Å². The van der Waals surface area contributed by atoms with E-state index in [9.17, 15) is 14.9 Å². The molecule has 0 unspecified atom stereocenters. The van der Waals surface area contributed by atoms with E-state index in [4.69, 9.17) is 14.7 Å². The minimum absolute atomic E-state index is 0.0156. The van der Waals surface area contributed by atoms with Gasteiger partial charge in [-0.3, -0.25) is 14.9 Å². The van der Waals surface area contributed by atoms with E-state index < -0.39 is 10.8 Å². The van der Waals surface area contributed by atoms with Gasteiger partial charge < -0.3 is 9.47 Å². The van der Waals surface area contributed by atoms with Crippen LogP contribution >= 0.6 is 0 Å². The Kier molecular flexibility index (Phi) is 6.84. The molecule has 2 aromatic rings. The number of rotatable bonds is 8. The lowest BCUT2D eigenvalue weighted by atomic mass is 10.2. The Morgan fingerprint density at radius 2 is 2.04 bits per heavy atom. The average molecular weight is 368 g/mol. The molecule has 0 bridgehead atoms. The predicted octanol–water partition coefficient (Wildman–Crippen LogP) is 2.55. The molecular weight excluding hydrogens is 352 g/mol. The standard InChI is InChI=1S/C18H16N4O5/c1-26-17-10-14(11-20-21-18(23)8-9-19)4-7-16(17)27-12-13-2-5-15(6-3-13)22(24)25/h2-7,10-11H,8,12H2,1H3,(H,21,23). The van der Waals surface area contributed by atoms with Crippen molar-refractivity contribution in [1.29, 1.82) is 5.26 Å². The number of amides is 1. The Balaban J connectivity index is 2.01. The van der Waals surface area contributed by atoms with Gasteiger partial charge in [0.15, 0.2) is 11.5 Å². The van der Waals surface area contributed by atoms with Gasteiger partial charge in [0, 0.05) is 12.1 Å². The molecule has 0 aliphatic heterocycles. The van der Waals surface area contributed by atoms with Crippen LogP contribution in [0.3, 0.4) is 0 Å². The summed E-state index contributed by atoms with van der Waals surface area (Å²) in [5, 5.41) is 22.8. The van der Waals surface area contributed by atoms with Crippen molar-refractivity contribution < 1.29 is 19.2 Å². The summed E-state index contributed by atoms with van der Waals surface area (Å²) in [5.74, 6) is 0.453. The third-order valence-corrected chi connectivity index (χ3v) is 3.37. The summed E-state index contributed by atoms with van der Waals surface area (Å²) in [7, 11) is 1.49.